The molecule has 1 aliphatic carbocycles. The lowest BCUT2D eigenvalue weighted by Crippen LogP contribution is -2.29. The topological polar surface area (TPSA) is 67.0 Å². The van der Waals surface area contributed by atoms with Crippen molar-refractivity contribution in [1.82, 2.24) is 15.3 Å². The third-order valence-corrected chi connectivity index (χ3v) is 5.32. The summed E-state index contributed by atoms with van der Waals surface area (Å²) in [6.45, 7) is 2.49. The number of halogens is 1. The highest BCUT2D eigenvalue weighted by Gasteiger charge is 2.44. The molecule has 1 aromatic carbocycles. The van der Waals surface area contributed by atoms with Crippen molar-refractivity contribution in [3.63, 3.8) is 0 Å². The van der Waals surface area contributed by atoms with Gasteiger partial charge in [0.05, 0.1) is 13.7 Å². The first-order chi connectivity index (χ1) is 12.5. The van der Waals surface area contributed by atoms with E-state index in [1.54, 1.807) is 13.3 Å². The van der Waals surface area contributed by atoms with E-state index in [2.05, 4.69) is 15.3 Å². The summed E-state index contributed by atoms with van der Waals surface area (Å²) in [4.78, 5) is 19.7. The smallest absolute Gasteiger partial charge is 0.226 e. The van der Waals surface area contributed by atoms with E-state index in [1.165, 1.54) is 0 Å². The predicted molar refractivity (Wildman–Crippen MR) is 102 cm³/mol. The van der Waals surface area contributed by atoms with Gasteiger partial charge >= 0.3 is 0 Å². The zero-order valence-electron chi connectivity index (χ0n) is 14.7. The maximum atomic E-state index is 12.1. The zero-order chi connectivity index (χ0) is 18.3. The molecule has 1 saturated carbocycles. The van der Waals surface area contributed by atoms with E-state index < -0.39 is 0 Å². The average molecular weight is 370 g/mol. The standard InChI is InChI=1S/C20H20ClN3O2/c1-20(5-6-20)19(25)23-11-14-7-13-8-16(21)15(9-17(13)24-14)12-3-4-18(26-2)22-10-12/h3-4,7-10,24H,5-6,11H2,1-2H3,(H,23,25). The van der Waals surface area contributed by atoms with Gasteiger partial charge in [-0.2, -0.15) is 0 Å². The number of rotatable bonds is 5. The van der Waals surface area contributed by atoms with Crippen LogP contribution in [0.15, 0.2) is 36.5 Å². The molecule has 1 aliphatic rings. The first kappa shape index (κ1) is 16.9. The van der Waals surface area contributed by atoms with Crippen molar-refractivity contribution in [3.05, 3.63) is 47.2 Å². The largest absolute Gasteiger partial charge is 0.481 e. The van der Waals surface area contributed by atoms with Gasteiger partial charge in [-0.15, -0.1) is 0 Å². The average Bonchev–Trinajstić information content (AvgIpc) is 3.28. The highest BCUT2D eigenvalue weighted by molar-refractivity contribution is 6.34. The second-order valence-electron chi connectivity index (χ2n) is 7.05. The number of H-pyrrole nitrogens is 1. The number of pyridine rings is 1. The summed E-state index contributed by atoms with van der Waals surface area (Å²) in [5.74, 6) is 0.687. The minimum absolute atomic E-state index is 0.124. The number of methoxy groups -OCH3 is 1. The summed E-state index contributed by atoms with van der Waals surface area (Å²) in [6.07, 6.45) is 3.69. The molecule has 0 atom stereocenters. The van der Waals surface area contributed by atoms with E-state index in [1.807, 2.05) is 37.3 Å². The number of aromatic amines is 1. The van der Waals surface area contributed by atoms with E-state index in [9.17, 15) is 4.79 Å². The number of carbonyl (C=O) groups excluding carboxylic acids is 1. The normalized spacial score (nSPS) is 15.0. The van der Waals surface area contributed by atoms with E-state index in [-0.39, 0.29) is 11.3 Å². The van der Waals surface area contributed by atoms with Gasteiger partial charge in [-0.1, -0.05) is 18.5 Å². The third-order valence-electron chi connectivity index (χ3n) is 5.01. The summed E-state index contributed by atoms with van der Waals surface area (Å²) < 4.78 is 5.10. The second kappa shape index (κ2) is 6.32. The Kier molecular flexibility index (Phi) is 4.11. The molecule has 0 saturated heterocycles. The number of aromatic nitrogens is 2. The van der Waals surface area contributed by atoms with Crippen molar-refractivity contribution >= 4 is 28.4 Å². The van der Waals surface area contributed by atoms with Crippen LogP contribution in [-0.2, 0) is 11.3 Å². The number of hydrogen-bond donors (Lipinski definition) is 2. The molecule has 5 nitrogen and oxygen atoms in total. The lowest BCUT2D eigenvalue weighted by atomic mass is 10.1. The van der Waals surface area contributed by atoms with E-state index in [4.69, 9.17) is 16.3 Å². The van der Waals surface area contributed by atoms with Crippen LogP contribution in [0.5, 0.6) is 5.88 Å². The van der Waals surface area contributed by atoms with Crippen molar-refractivity contribution in [2.45, 2.75) is 26.3 Å². The number of amides is 1. The first-order valence-corrected chi connectivity index (χ1v) is 8.96. The highest BCUT2D eigenvalue weighted by Crippen LogP contribution is 2.45. The molecule has 0 radical (unpaired) electrons. The second-order valence-corrected chi connectivity index (χ2v) is 7.45. The van der Waals surface area contributed by atoms with Gasteiger partial charge in [0.15, 0.2) is 0 Å². The molecule has 26 heavy (non-hydrogen) atoms. The van der Waals surface area contributed by atoms with E-state index in [0.29, 0.717) is 17.4 Å². The Morgan fingerprint density at radius 1 is 1.35 bits per heavy atom. The molecular formula is C20H20ClN3O2. The molecule has 134 valence electrons. The van der Waals surface area contributed by atoms with Crippen molar-refractivity contribution < 1.29 is 9.53 Å². The van der Waals surface area contributed by atoms with Crippen molar-refractivity contribution in [1.29, 1.82) is 0 Å². The molecular weight excluding hydrogens is 350 g/mol. The number of ether oxygens (including phenoxy) is 1. The summed E-state index contributed by atoms with van der Waals surface area (Å²) in [6, 6.07) is 9.70. The molecule has 2 aromatic heterocycles. The number of nitrogens with zero attached hydrogens (tertiary/aromatic N) is 1. The molecule has 2 heterocycles. The fourth-order valence-corrected chi connectivity index (χ4v) is 3.27. The lowest BCUT2D eigenvalue weighted by molar-refractivity contribution is -0.125. The van der Waals surface area contributed by atoms with Gasteiger partial charge in [0, 0.05) is 50.4 Å². The van der Waals surface area contributed by atoms with Gasteiger partial charge in [-0.25, -0.2) is 4.98 Å². The predicted octanol–water partition coefficient (Wildman–Crippen LogP) is 4.31. The Balaban J connectivity index is 1.58. The Hall–Kier alpha value is -2.53. The highest BCUT2D eigenvalue weighted by atomic mass is 35.5. The number of fused-ring (bicyclic) bond motifs is 1. The van der Waals surface area contributed by atoms with Gasteiger partial charge in [-0.05, 0) is 37.1 Å². The number of carbonyl (C=O) groups is 1. The van der Waals surface area contributed by atoms with Crippen molar-refractivity contribution in [2.24, 2.45) is 5.41 Å². The summed E-state index contributed by atoms with van der Waals surface area (Å²) in [5, 5.41) is 4.68. The lowest BCUT2D eigenvalue weighted by Gasteiger charge is -2.08. The molecule has 1 fully saturated rings. The fourth-order valence-electron chi connectivity index (χ4n) is 2.99. The van der Waals surface area contributed by atoms with Gasteiger partial charge in [0.2, 0.25) is 11.8 Å². The first-order valence-electron chi connectivity index (χ1n) is 8.58. The quantitative estimate of drug-likeness (QED) is 0.704. The molecule has 1 amide bonds. The maximum absolute atomic E-state index is 12.1. The molecule has 4 rings (SSSR count). The van der Waals surface area contributed by atoms with Crippen LogP contribution in [0.3, 0.4) is 0 Å². The molecule has 0 unspecified atom stereocenters. The Bertz CT molecular complexity index is 975. The maximum Gasteiger partial charge on any atom is 0.226 e. The van der Waals surface area contributed by atoms with Crippen molar-refractivity contribution in [2.75, 3.05) is 7.11 Å². The summed E-state index contributed by atoms with van der Waals surface area (Å²) >= 11 is 6.47. The van der Waals surface area contributed by atoms with E-state index >= 15 is 0 Å². The minimum atomic E-state index is -0.163. The van der Waals surface area contributed by atoms with Crippen LogP contribution < -0.4 is 10.1 Å². The van der Waals surface area contributed by atoms with Gasteiger partial charge in [-0.3, -0.25) is 4.79 Å². The SMILES string of the molecule is COc1ccc(-c2cc3[nH]c(CNC(=O)C4(C)CC4)cc3cc2Cl)cn1. The Morgan fingerprint density at radius 2 is 2.15 bits per heavy atom. The molecule has 3 aromatic rings. The molecule has 2 N–H and O–H groups in total. The fraction of sp³-hybridized carbons (Fsp3) is 0.300. The molecule has 0 spiro atoms. The van der Waals surface area contributed by atoms with Crippen LogP contribution in [0, 0.1) is 5.41 Å². The molecule has 0 bridgehead atoms. The molecule has 0 aliphatic heterocycles. The van der Waals surface area contributed by atoms with Crippen LogP contribution in [0.25, 0.3) is 22.0 Å². The van der Waals surface area contributed by atoms with Gasteiger partial charge in [0.25, 0.3) is 0 Å². The summed E-state index contributed by atoms with van der Waals surface area (Å²) in [5.41, 5.74) is 3.59. The minimum Gasteiger partial charge on any atom is -0.481 e. The summed E-state index contributed by atoms with van der Waals surface area (Å²) in [7, 11) is 1.59. The number of benzene rings is 1. The Morgan fingerprint density at radius 3 is 2.81 bits per heavy atom. The monoisotopic (exact) mass is 369 g/mol. The van der Waals surface area contributed by atoms with Crippen molar-refractivity contribution in [3.8, 4) is 17.0 Å². The zero-order valence-corrected chi connectivity index (χ0v) is 15.5. The van der Waals surface area contributed by atoms with Crippen LogP contribution in [-0.4, -0.2) is 23.0 Å². The third kappa shape index (κ3) is 3.15. The van der Waals surface area contributed by atoms with Gasteiger partial charge in [0.1, 0.15) is 0 Å². The number of nitrogens with one attached hydrogen (secondary N) is 2. The Labute approximate surface area is 156 Å². The van der Waals surface area contributed by atoms with E-state index in [0.717, 1.165) is 40.6 Å². The van der Waals surface area contributed by atoms with Crippen LogP contribution in [0.4, 0.5) is 0 Å². The van der Waals surface area contributed by atoms with Crippen LogP contribution >= 0.6 is 11.6 Å². The number of hydrogen-bond acceptors (Lipinski definition) is 3. The van der Waals surface area contributed by atoms with Crippen LogP contribution in [0.2, 0.25) is 5.02 Å². The molecule has 6 heteroatoms. The van der Waals surface area contributed by atoms with Gasteiger partial charge < -0.3 is 15.0 Å². The van der Waals surface area contributed by atoms with Crippen LogP contribution in [0.1, 0.15) is 25.5 Å².